The van der Waals surface area contributed by atoms with Gasteiger partial charge in [-0.05, 0) is 57.8 Å². The lowest BCUT2D eigenvalue weighted by Crippen LogP contribution is -2.50. The van der Waals surface area contributed by atoms with Gasteiger partial charge < -0.3 is 20.6 Å². The van der Waals surface area contributed by atoms with Gasteiger partial charge in [-0.15, -0.1) is 0 Å². The molecule has 0 aromatic heterocycles. The monoisotopic (exact) mass is 608 g/mol. The second-order valence-corrected chi connectivity index (χ2v) is 12.8. The number of hydrogen-bond acceptors (Lipinski definition) is 4. The number of rotatable bonds is 33. The first-order valence-corrected chi connectivity index (χ1v) is 18.6. The molecule has 0 aromatic rings. The molecule has 0 saturated carbocycles. The van der Waals surface area contributed by atoms with Crippen LogP contribution in [-0.2, 0) is 4.79 Å². The Kier molecular flexibility index (Phi) is 32.8. The SMILES string of the molecule is CCCCCC/C=C\CCCC(=O)NC(CO)C(O)C(O)CCC/C=C/CCCCCCCCCCCCCCCCC. The zero-order valence-electron chi connectivity index (χ0n) is 28.6. The van der Waals surface area contributed by atoms with Crippen LogP contribution < -0.4 is 5.32 Å². The molecule has 0 bridgehead atoms. The summed E-state index contributed by atoms with van der Waals surface area (Å²) in [5.41, 5.74) is 0. The van der Waals surface area contributed by atoms with Gasteiger partial charge in [0, 0.05) is 6.42 Å². The van der Waals surface area contributed by atoms with E-state index in [1.165, 1.54) is 122 Å². The Morgan fingerprint density at radius 1 is 0.558 bits per heavy atom. The van der Waals surface area contributed by atoms with Crippen molar-refractivity contribution in [1.82, 2.24) is 5.32 Å². The summed E-state index contributed by atoms with van der Waals surface area (Å²) in [6.07, 6.45) is 38.6. The summed E-state index contributed by atoms with van der Waals surface area (Å²) < 4.78 is 0. The molecule has 0 spiro atoms. The van der Waals surface area contributed by atoms with Crippen LogP contribution >= 0.6 is 0 Å². The molecule has 0 aromatic carbocycles. The number of carbonyl (C=O) groups is 1. The lowest BCUT2D eigenvalue weighted by Gasteiger charge is -2.26. The van der Waals surface area contributed by atoms with Gasteiger partial charge >= 0.3 is 0 Å². The Labute approximate surface area is 267 Å². The smallest absolute Gasteiger partial charge is 0.220 e. The summed E-state index contributed by atoms with van der Waals surface area (Å²) in [6.45, 7) is 4.10. The number of unbranched alkanes of at least 4 members (excludes halogenated alkanes) is 21. The number of nitrogens with one attached hydrogen (secondary N) is 1. The maximum absolute atomic E-state index is 12.2. The molecule has 0 aliphatic rings. The fraction of sp³-hybridized carbons (Fsp3) is 0.868. The highest BCUT2D eigenvalue weighted by Crippen LogP contribution is 2.14. The van der Waals surface area contributed by atoms with Crippen molar-refractivity contribution in [2.45, 2.75) is 205 Å². The van der Waals surface area contributed by atoms with Crippen molar-refractivity contribution in [3.05, 3.63) is 24.3 Å². The second kappa shape index (κ2) is 33.7. The van der Waals surface area contributed by atoms with Gasteiger partial charge in [0.15, 0.2) is 0 Å². The van der Waals surface area contributed by atoms with E-state index >= 15 is 0 Å². The van der Waals surface area contributed by atoms with Crippen LogP contribution in [0.3, 0.4) is 0 Å². The van der Waals surface area contributed by atoms with E-state index in [1.807, 2.05) is 0 Å². The summed E-state index contributed by atoms with van der Waals surface area (Å²) in [5, 5.41) is 33.2. The van der Waals surface area contributed by atoms with E-state index in [-0.39, 0.29) is 12.5 Å². The molecular weight excluding hydrogens is 534 g/mol. The van der Waals surface area contributed by atoms with E-state index in [4.69, 9.17) is 0 Å². The number of carbonyl (C=O) groups excluding carboxylic acids is 1. The molecule has 0 heterocycles. The molecule has 0 saturated heterocycles. The van der Waals surface area contributed by atoms with Gasteiger partial charge in [-0.3, -0.25) is 4.79 Å². The average molecular weight is 608 g/mol. The van der Waals surface area contributed by atoms with Crippen LogP contribution in [0.25, 0.3) is 0 Å². The van der Waals surface area contributed by atoms with Crippen molar-refractivity contribution in [3.8, 4) is 0 Å². The molecule has 0 aliphatic heterocycles. The molecule has 0 radical (unpaired) electrons. The summed E-state index contributed by atoms with van der Waals surface area (Å²) in [4.78, 5) is 12.2. The largest absolute Gasteiger partial charge is 0.394 e. The molecule has 5 nitrogen and oxygen atoms in total. The normalized spacial score (nSPS) is 14.1. The van der Waals surface area contributed by atoms with Gasteiger partial charge in [0.1, 0.15) is 6.10 Å². The number of amides is 1. The number of hydrogen-bond donors (Lipinski definition) is 4. The number of aliphatic hydroxyl groups is 3. The fourth-order valence-corrected chi connectivity index (χ4v) is 5.58. The highest BCUT2D eigenvalue weighted by Gasteiger charge is 2.26. The predicted molar refractivity (Wildman–Crippen MR) is 185 cm³/mol. The third-order valence-corrected chi connectivity index (χ3v) is 8.53. The van der Waals surface area contributed by atoms with Gasteiger partial charge in [0.05, 0.1) is 18.8 Å². The highest BCUT2D eigenvalue weighted by molar-refractivity contribution is 5.76. The average Bonchev–Trinajstić information content (AvgIpc) is 3.01. The minimum atomic E-state index is -1.17. The Morgan fingerprint density at radius 3 is 1.37 bits per heavy atom. The van der Waals surface area contributed by atoms with Gasteiger partial charge in [0.2, 0.25) is 5.91 Å². The molecule has 3 atom stereocenters. The predicted octanol–water partition coefficient (Wildman–Crippen LogP) is 9.87. The maximum Gasteiger partial charge on any atom is 0.220 e. The molecule has 1 amide bonds. The van der Waals surface area contributed by atoms with Crippen LogP contribution in [0.4, 0.5) is 0 Å². The molecule has 43 heavy (non-hydrogen) atoms. The second-order valence-electron chi connectivity index (χ2n) is 12.8. The molecule has 0 rings (SSSR count). The van der Waals surface area contributed by atoms with Gasteiger partial charge in [0.25, 0.3) is 0 Å². The molecule has 254 valence electrons. The molecule has 3 unspecified atom stereocenters. The minimum absolute atomic E-state index is 0.191. The van der Waals surface area contributed by atoms with Gasteiger partial charge in [-0.2, -0.15) is 0 Å². The van der Waals surface area contributed by atoms with Crippen molar-refractivity contribution in [1.29, 1.82) is 0 Å². The molecule has 5 heteroatoms. The Morgan fingerprint density at radius 2 is 0.930 bits per heavy atom. The summed E-state index contributed by atoms with van der Waals surface area (Å²) in [5.74, 6) is -0.191. The first-order chi connectivity index (χ1) is 21.1. The third-order valence-electron chi connectivity index (χ3n) is 8.53. The summed E-state index contributed by atoms with van der Waals surface area (Å²) >= 11 is 0. The van der Waals surface area contributed by atoms with Crippen molar-refractivity contribution < 1.29 is 20.1 Å². The Hall–Kier alpha value is -1.17. The van der Waals surface area contributed by atoms with E-state index in [9.17, 15) is 20.1 Å². The first kappa shape index (κ1) is 41.8. The van der Waals surface area contributed by atoms with Crippen molar-refractivity contribution in [2.24, 2.45) is 0 Å². The summed E-state index contributed by atoms with van der Waals surface area (Å²) in [6, 6.07) is -0.836. The van der Waals surface area contributed by atoms with E-state index in [0.717, 1.165) is 38.5 Å². The molecule has 0 aliphatic carbocycles. The van der Waals surface area contributed by atoms with Gasteiger partial charge in [-0.1, -0.05) is 147 Å². The lowest BCUT2D eigenvalue weighted by molar-refractivity contribution is -0.124. The van der Waals surface area contributed by atoms with E-state index in [0.29, 0.717) is 12.8 Å². The maximum atomic E-state index is 12.2. The van der Waals surface area contributed by atoms with Crippen LogP contribution in [-0.4, -0.2) is 46.1 Å². The number of allylic oxidation sites excluding steroid dienone is 4. The topological polar surface area (TPSA) is 89.8 Å². The fourth-order valence-electron chi connectivity index (χ4n) is 5.58. The Bertz CT molecular complexity index is 635. The summed E-state index contributed by atoms with van der Waals surface area (Å²) in [7, 11) is 0. The standard InChI is InChI=1S/C38H73NO4/c1-3-5-7-9-11-13-14-15-16-17-18-19-20-21-22-23-25-26-28-30-32-36(41)38(43)35(34-40)39-37(42)33-31-29-27-24-12-10-8-6-4-2/h24-27,35-36,38,40-41,43H,3-23,28-34H2,1-2H3,(H,39,42)/b26-25+,27-24-. The molecule has 0 fully saturated rings. The zero-order chi connectivity index (χ0) is 31.6. The van der Waals surface area contributed by atoms with E-state index < -0.39 is 18.2 Å². The van der Waals surface area contributed by atoms with Crippen molar-refractivity contribution >= 4 is 5.91 Å². The molecular formula is C38H73NO4. The molecule has 4 N–H and O–H groups in total. The first-order valence-electron chi connectivity index (χ1n) is 18.6. The quantitative estimate of drug-likeness (QED) is 0.0441. The van der Waals surface area contributed by atoms with Crippen LogP contribution in [0.15, 0.2) is 24.3 Å². The van der Waals surface area contributed by atoms with Crippen LogP contribution in [0, 0.1) is 0 Å². The minimum Gasteiger partial charge on any atom is -0.394 e. The Balaban J connectivity index is 3.69. The highest BCUT2D eigenvalue weighted by atomic mass is 16.3. The van der Waals surface area contributed by atoms with Crippen molar-refractivity contribution in [2.75, 3.05) is 6.61 Å². The lowest BCUT2D eigenvalue weighted by atomic mass is 10.0. The van der Waals surface area contributed by atoms with Crippen molar-refractivity contribution in [3.63, 3.8) is 0 Å². The third kappa shape index (κ3) is 29.3. The van der Waals surface area contributed by atoms with Crippen LogP contribution in [0.2, 0.25) is 0 Å². The van der Waals surface area contributed by atoms with Crippen LogP contribution in [0.5, 0.6) is 0 Å². The van der Waals surface area contributed by atoms with E-state index in [1.54, 1.807) is 0 Å². The number of aliphatic hydroxyl groups excluding tert-OH is 3. The van der Waals surface area contributed by atoms with Gasteiger partial charge in [-0.25, -0.2) is 0 Å². The van der Waals surface area contributed by atoms with E-state index in [2.05, 4.69) is 43.5 Å². The van der Waals surface area contributed by atoms with Crippen LogP contribution in [0.1, 0.15) is 187 Å². The zero-order valence-corrected chi connectivity index (χ0v) is 28.6.